The van der Waals surface area contributed by atoms with Crippen LogP contribution in [0.2, 0.25) is 0 Å². The molecular formula is C10H16N4O5S2. The zero-order chi connectivity index (χ0) is 16.0. The first-order valence-corrected chi connectivity index (χ1v) is 8.32. The summed E-state index contributed by atoms with van der Waals surface area (Å²) >= 11 is 0.786. The molecule has 0 unspecified atom stereocenters. The second-order valence-corrected chi connectivity index (χ2v) is 7.15. The van der Waals surface area contributed by atoms with Crippen molar-refractivity contribution < 1.29 is 18.1 Å². The minimum absolute atomic E-state index is 0.131. The average molecular weight is 336 g/mol. The van der Waals surface area contributed by atoms with Gasteiger partial charge in [-0.3, -0.25) is 14.9 Å². The van der Waals surface area contributed by atoms with Crippen LogP contribution in [0.4, 0.5) is 10.7 Å². The topological polar surface area (TPSA) is 144 Å². The molecule has 0 aromatic carbocycles. The van der Waals surface area contributed by atoms with Crippen molar-refractivity contribution in [1.29, 1.82) is 0 Å². The molecule has 0 aliphatic heterocycles. The summed E-state index contributed by atoms with van der Waals surface area (Å²) < 4.78 is 26.2. The van der Waals surface area contributed by atoms with Gasteiger partial charge in [-0.2, -0.15) is 0 Å². The van der Waals surface area contributed by atoms with Gasteiger partial charge in [0.1, 0.15) is 4.21 Å². The Bertz CT molecular complexity index is 625. The van der Waals surface area contributed by atoms with E-state index in [4.69, 9.17) is 5.73 Å². The number of nitrogens with two attached hydrogens (primary N) is 1. The maximum atomic E-state index is 12.0. The summed E-state index contributed by atoms with van der Waals surface area (Å²) in [5, 5.41) is 13.6. The van der Waals surface area contributed by atoms with Crippen LogP contribution in [0.3, 0.4) is 0 Å². The first-order chi connectivity index (χ1) is 9.77. The summed E-state index contributed by atoms with van der Waals surface area (Å²) in [6.45, 7) is 0.135. The lowest BCUT2D eigenvalue weighted by Crippen LogP contribution is -2.24. The van der Waals surface area contributed by atoms with Gasteiger partial charge in [-0.1, -0.05) is 11.3 Å². The molecule has 21 heavy (non-hydrogen) atoms. The monoisotopic (exact) mass is 336 g/mol. The van der Waals surface area contributed by atoms with Crippen molar-refractivity contribution >= 4 is 38.0 Å². The Morgan fingerprint density at radius 2 is 2.14 bits per heavy atom. The smallest absolute Gasteiger partial charge is 0.304 e. The van der Waals surface area contributed by atoms with Crippen LogP contribution in [-0.4, -0.2) is 32.8 Å². The van der Waals surface area contributed by atoms with Crippen molar-refractivity contribution in [2.24, 2.45) is 5.73 Å². The molecule has 0 fully saturated rings. The molecule has 9 nitrogen and oxygen atoms in total. The maximum Gasteiger partial charge on any atom is 0.304 e. The highest BCUT2D eigenvalue weighted by Gasteiger charge is 2.25. The standard InChI is InChI=1S/C10H16N4O5S2/c1-12-10-7(14(16)17)6-9(20-10)21(18,19)13-5-3-2-4-8(11)15/h6,12-13H,2-5H2,1H3,(H2,11,15). The molecule has 0 bridgehead atoms. The molecule has 0 saturated carbocycles. The number of nitrogens with one attached hydrogen (secondary N) is 2. The highest BCUT2D eigenvalue weighted by Crippen LogP contribution is 2.36. The summed E-state index contributed by atoms with van der Waals surface area (Å²) in [6.07, 6.45) is 1.12. The van der Waals surface area contributed by atoms with Gasteiger partial charge in [0.2, 0.25) is 15.9 Å². The molecule has 4 N–H and O–H groups in total. The number of anilines is 1. The third-order valence-corrected chi connectivity index (χ3v) is 5.60. The third kappa shape index (κ3) is 4.95. The van der Waals surface area contributed by atoms with Crippen molar-refractivity contribution in [3.8, 4) is 0 Å². The van der Waals surface area contributed by atoms with E-state index in [1.54, 1.807) is 0 Å². The Morgan fingerprint density at radius 3 is 2.62 bits per heavy atom. The van der Waals surface area contributed by atoms with Crippen molar-refractivity contribution in [1.82, 2.24) is 4.72 Å². The fraction of sp³-hybridized carbons (Fsp3) is 0.500. The molecule has 118 valence electrons. The molecule has 1 heterocycles. The number of sulfonamides is 1. The molecule has 0 aliphatic rings. The number of primary amides is 1. The molecule has 1 aromatic heterocycles. The van der Waals surface area contributed by atoms with E-state index in [0.29, 0.717) is 12.8 Å². The molecule has 1 aromatic rings. The highest BCUT2D eigenvalue weighted by atomic mass is 32.2. The van der Waals surface area contributed by atoms with Crippen LogP contribution < -0.4 is 15.8 Å². The second-order valence-electron chi connectivity index (χ2n) is 4.11. The number of carbonyl (C=O) groups excluding carboxylic acids is 1. The van der Waals surface area contributed by atoms with Gasteiger partial charge in [-0.15, -0.1) is 0 Å². The van der Waals surface area contributed by atoms with Gasteiger partial charge in [-0.25, -0.2) is 13.1 Å². The summed E-state index contributed by atoms with van der Waals surface area (Å²) in [6, 6.07) is 1.02. The van der Waals surface area contributed by atoms with Gasteiger partial charge >= 0.3 is 5.69 Å². The summed E-state index contributed by atoms with van der Waals surface area (Å²) in [7, 11) is -2.32. The van der Waals surface area contributed by atoms with Gasteiger partial charge in [-0.05, 0) is 12.8 Å². The Labute approximate surface area is 125 Å². The van der Waals surface area contributed by atoms with Crippen molar-refractivity contribution in [2.45, 2.75) is 23.5 Å². The third-order valence-electron chi connectivity index (χ3n) is 2.52. The lowest BCUT2D eigenvalue weighted by atomic mass is 10.2. The van der Waals surface area contributed by atoms with E-state index in [-0.39, 0.29) is 27.9 Å². The Kier molecular flexibility index (Phi) is 6.05. The largest absolute Gasteiger partial charge is 0.374 e. The first-order valence-electron chi connectivity index (χ1n) is 6.02. The number of rotatable bonds is 9. The van der Waals surface area contributed by atoms with Crippen LogP contribution in [0.15, 0.2) is 10.3 Å². The number of hydrogen-bond acceptors (Lipinski definition) is 7. The molecule has 1 rings (SSSR count). The van der Waals surface area contributed by atoms with E-state index in [1.165, 1.54) is 7.05 Å². The van der Waals surface area contributed by atoms with E-state index in [2.05, 4.69) is 10.0 Å². The van der Waals surface area contributed by atoms with Gasteiger partial charge in [0, 0.05) is 26.1 Å². The van der Waals surface area contributed by atoms with E-state index >= 15 is 0 Å². The minimum Gasteiger partial charge on any atom is -0.374 e. The average Bonchev–Trinajstić information content (AvgIpc) is 2.82. The molecule has 0 spiro atoms. The Balaban J connectivity index is 2.70. The van der Waals surface area contributed by atoms with Crippen molar-refractivity contribution in [2.75, 3.05) is 18.9 Å². The zero-order valence-corrected chi connectivity index (χ0v) is 12.9. The second kappa shape index (κ2) is 7.33. The molecule has 0 atom stereocenters. The molecule has 0 saturated heterocycles. The SMILES string of the molecule is CNc1sc(S(=O)(=O)NCCCCC(N)=O)cc1[N+](=O)[O-]. The number of carbonyl (C=O) groups is 1. The molecule has 1 amide bonds. The fourth-order valence-corrected chi connectivity index (χ4v) is 3.91. The number of nitro groups is 1. The quantitative estimate of drug-likeness (QED) is 0.343. The predicted molar refractivity (Wildman–Crippen MR) is 78.8 cm³/mol. The van der Waals surface area contributed by atoms with Crippen LogP contribution >= 0.6 is 11.3 Å². The van der Waals surface area contributed by atoms with Crippen molar-refractivity contribution in [3.63, 3.8) is 0 Å². The van der Waals surface area contributed by atoms with Gasteiger partial charge in [0.05, 0.1) is 4.92 Å². The zero-order valence-electron chi connectivity index (χ0n) is 11.3. The first kappa shape index (κ1) is 17.3. The summed E-state index contributed by atoms with van der Waals surface area (Å²) in [5.41, 5.74) is 4.69. The highest BCUT2D eigenvalue weighted by molar-refractivity contribution is 7.91. The minimum atomic E-state index is -3.80. The van der Waals surface area contributed by atoms with E-state index in [1.807, 2.05) is 0 Å². The number of unbranched alkanes of at least 4 members (excludes halogenated alkanes) is 1. The number of nitrogens with zero attached hydrogens (tertiary/aromatic N) is 1. The molecular weight excluding hydrogens is 320 g/mol. The van der Waals surface area contributed by atoms with Gasteiger partial charge in [0.25, 0.3) is 0 Å². The lowest BCUT2D eigenvalue weighted by Gasteiger charge is -2.03. The predicted octanol–water partition coefficient (Wildman–Crippen LogP) is 0.632. The Hall–Kier alpha value is -1.72. The van der Waals surface area contributed by atoms with Crippen LogP contribution in [0.5, 0.6) is 0 Å². The van der Waals surface area contributed by atoms with Gasteiger partial charge in [0.15, 0.2) is 5.00 Å². The summed E-state index contributed by atoms with van der Waals surface area (Å²) in [4.78, 5) is 20.7. The van der Waals surface area contributed by atoms with Crippen LogP contribution in [0.25, 0.3) is 0 Å². The maximum absolute atomic E-state index is 12.0. The number of amides is 1. The molecule has 11 heteroatoms. The number of thiophene rings is 1. The van der Waals surface area contributed by atoms with E-state index < -0.39 is 20.9 Å². The van der Waals surface area contributed by atoms with E-state index in [9.17, 15) is 23.3 Å². The van der Waals surface area contributed by atoms with E-state index in [0.717, 1.165) is 17.4 Å². The van der Waals surface area contributed by atoms with Crippen molar-refractivity contribution in [3.05, 3.63) is 16.2 Å². The fourth-order valence-electron chi connectivity index (χ4n) is 1.51. The van der Waals surface area contributed by atoms with Gasteiger partial charge < -0.3 is 11.1 Å². The van der Waals surface area contributed by atoms with Crippen LogP contribution in [0, 0.1) is 10.1 Å². The number of hydrogen-bond donors (Lipinski definition) is 3. The van der Waals surface area contributed by atoms with Crippen LogP contribution in [0.1, 0.15) is 19.3 Å². The molecule has 0 aliphatic carbocycles. The summed E-state index contributed by atoms with van der Waals surface area (Å²) in [5.74, 6) is -0.439. The molecule has 0 radical (unpaired) electrons. The van der Waals surface area contributed by atoms with Crippen LogP contribution in [-0.2, 0) is 14.8 Å². The lowest BCUT2D eigenvalue weighted by molar-refractivity contribution is -0.383. The normalized spacial score (nSPS) is 11.3. The Morgan fingerprint density at radius 1 is 1.48 bits per heavy atom.